The molecule has 0 spiro atoms. The molecule has 0 aliphatic heterocycles. The van der Waals surface area contributed by atoms with Gasteiger partial charge in [-0.15, -0.1) is 0 Å². The van der Waals surface area contributed by atoms with E-state index < -0.39 is 0 Å². The van der Waals surface area contributed by atoms with Gasteiger partial charge in [-0.05, 0) is 37.6 Å². The largest absolute Gasteiger partial charge is 0.490 e. The molecule has 0 saturated carbocycles. The Balaban J connectivity index is 2.00. The monoisotopic (exact) mass is 296 g/mol. The third-order valence-electron chi connectivity index (χ3n) is 3.09. The van der Waals surface area contributed by atoms with Crippen molar-refractivity contribution in [1.82, 2.24) is 9.78 Å². The minimum Gasteiger partial charge on any atom is -0.490 e. The SMILES string of the molecule is C=CCOc1ccc(/C=C/C(=O)c2cnn(C(C)C)c2)cc1. The maximum Gasteiger partial charge on any atom is 0.189 e. The zero-order valence-corrected chi connectivity index (χ0v) is 12.9. The van der Waals surface area contributed by atoms with Crippen LogP contribution in [0.15, 0.2) is 55.4 Å². The van der Waals surface area contributed by atoms with Crippen LogP contribution in [0.5, 0.6) is 5.75 Å². The zero-order valence-electron chi connectivity index (χ0n) is 12.9. The lowest BCUT2D eigenvalue weighted by molar-refractivity contribution is 0.104. The van der Waals surface area contributed by atoms with Gasteiger partial charge in [0.25, 0.3) is 0 Å². The first kappa shape index (κ1) is 15.8. The van der Waals surface area contributed by atoms with E-state index in [0.717, 1.165) is 11.3 Å². The number of hydrogen-bond donors (Lipinski definition) is 0. The van der Waals surface area contributed by atoms with Crippen LogP contribution in [0, 0.1) is 0 Å². The quantitative estimate of drug-likeness (QED) is 0.442. The minimum atomic E-state index is -0.0566. The van der Waals surface area contributed by atoms with Crippen molar-refractivity contribution in [2.24, 2.45) is 0 Å². The summed E-state index contributed by atoms with van der Waals surface area (Å²) in [6, 6.07) is 7.78. The van der Waals surface area contributed by atoms with Crippen LogP contribution >= 0.6 is 0 Å². The number of carbonyl (C=O) groups excluding carboxylic acids is 1. The van der Waals surface area contributed by atoms with Gasteiger partial charge in [0.05, 0.1) is 11.8 Å². The Hall–Kier alpha value is -2.62. The van der Waals surface area contributed by atoms with E-state index in [0.29, 0.717) is 12.2 Å². The molecule has 2 aromatic rings. The van der Waals surface area contributed by atoms with Gasteiger partial charge in [-0.25, -0.2) is 0 Å². The van der Waals surface area contributed by atoms with Crippen molar-refractivity contribution in [1.29, 1.82) is 0 Å². The summed E-state index contributed by atoms with van der Waals surface area (Å²) in [5, 5.41) is 4.17. The summed E-state index contributed by atoms with van der Waals surface area (Å²) >= 11 is 0. The van der Waals surface area contributed by atoms with Gasteiger partial charge in [-0.1, -0.05) is 30.9 Å². The van der Waals surface area contributed by atoms with Gasteiger partial charge in [0, 0.05) is 12.2 Å². The zero-order chi connectivity index (χ0) is 15.9. The molecule has 4 heteroatoms. The van der Waals surface area contributed by atoms with Crippen molar-refractivity contribution in [3.05, 3.63) is 66.5 Å². The van der Waals surface area contributed by atoms with Crippen LogP contribution < -0.4 is 4.74 Å². The molecule has 0 N–H and O–H groups in total. The first-order valence-corrected chi connectivity index (χ1v) is 7.20. The molecule has 1 heterocycles. The minimum absolute atomic E-state index is 0.0566. The average Bonchev–Trinajstić information content (AvgIpc) is 3.02. The highest BCUT2D eigenvalue weighted by Crippen LogP contribution is 2.14. The van der Waals surface area contributed by atoms with Crippen molar-refractivity contribution >= 4 is 11.9 Å². The Morgan fingerprint density at radius 2 is 2.09 bits per heavy atom. The maximum atomic E-state index is 12.1. The Morgan fingerprint density at radius 1 is 1.36 bits per heavy atom. The van der Waals surface area contributed by atoms with E-state index in [-0.39, 0.29) is 11.8 Å². The maximum absolute atomic E-state index is 12.1. The normalized spacial score (nSPS) is 11.0. The second kappa shape index (κ2) is 7.41. The van der Waals surface area contributed by atoms with Gasteiger partial charge < -0.3 is 4.74 Å². The van der Waals surface area contributed by atoms with Gasteiger partial charge in [-0.3, -0.25) is 9.48 Å². The van der Waals surface area contributed by atoms with E-state index in [2.05, 4.69) is 11.7 Å². The second-order valence-corrected chi connectivity index (χ2v) is 5.17. The summed E-state index contributed by atoms with van der Waals surface area (Å²) < 4.78 is 7.18. The fourth-order valence-electron chi connectivity index (χ4n) is 1.85. The highest BCUT2D eigenvalue weighted by atomic mass is 16.5. The first-order valence-electron chi connectivity index (χ1n) is 7.20. The van der Waals surface area contributed by atoms with E-state index in [9.17, 15) is 4.79 Å². The molecule has 0 amide bonds. The standard InChI is InChI=1S/C18H20N2O2/c1-4-11-22-17-8-5-15(6-9-17)7-10-18(21)16-12-19-20(13-16)14(2)3/h4-10,12-14H,1,11H2,2-3H3/b10-7+. The van der Waals surface area contributed by atoms with Gasteiger partial charge in [-0.2, -0.15) is 5.10 Å². The van der Waals surface area contributed by atoms with Crippen LogP contribution in [0.3, 0.4) is 0 Å². The van der Waals surface area contributed by atoms with Crippen molar-refractivity contribution in [2.45, 2.75) is 19.9 Å². The number of carbonyl (C=O) groups is 1. The summed E-state index contributed by atoms with van der Waals surface area (Å²) in [4.78, 5) is 12.1. The van der Waals surface area contributed by atoms with E-state index >= 15 is 0 Å². The summed E-state index contributed by atoms with van der Waals surface area (Å²) in [5.41, 5.74) is 1.53. The van der Waals surface area contributed by atoms with Gasteiger partial charge in [0.15, 0.2) is 5.78 Å². The Labute approximate surface area is 130 Å². The van der Waals surface area contributed by atoms with Crippen molar-refractivity contribution in [3.8, 4) is 5.75 Å². The van der Waals surface area contributed by atoms with Crippen molar-refractivity contribution < 1.29 is 9.53 Å². The van der Waals surface area contributed by atoms with E-state index in [1.54, 1.807) is 35.3 Å². The van der Waals surface area contributed by atoms with Crippen LogP contribution in [0.1, 0.15) is 35.8 Å². The third kappa shape index (κ3) is 4.19. The molecular weight excluding hydrogens is 276 g/mol. The molecule has 22 heavy (non-hydrogen) atoms. The molecule has 0 bridgehead atoms. The van der Waals surface area contributed by atoms with Crippen LogP contribution in [-0.2, 0) is 0 Å². The third-order valence-corrected chi connectivity index (χ3v) is 3.09. The van der Waals surface area contributed by atoms with Crippen molar-refractivity contribution in [3.63, 3.8) is 0 Å². The molecular formula is C18H20N2O2. The van der Waals surface area contributed by atoms with Crippen LogP contribution in [0.25, 0.3) is 6.08 Å². The Morgan fingerprint density at radius 3 is 2.68 bits per heavy atom. The molecule has 1 aromatic carbocycles. The summed E-state index contributed by atoms with van der Waals surface area (Å²) in [5.74, 6) is 0.723. The van der Waals surface area contributed by atoms with Gasteiger partial charge in [0.1, 0.15) is 12.4 Å². The lowest BCUT2D eigenvalue weighted by atomic mass is 10.1. The number of ether oxygens (including phenoxy) is 1. The van der Waals surface area contributed by atoms with Crippen molar-refractivity contribution in [2.75, 3.05) is 6.61 Å². The molecule has 2 rings (SSSR count). The molecule has 4 nitrogen and oxygen atoms in total. The van der Waals surface area contributed by atoms with Crippen LogP contribution in [-0.4, -0.2) is 22.2 Å². The lowest BCUT2D eigenvalue weighted by Gasteiger charge is -2.03. The van der Waals surface area contributed by atoms with Gasteiger partial charge >= 0.3 is 0 Å². The predicted molar refractivity (Wildman–Crippen MR) is 88.1 cm³/mol. The number of allylic oxidation sites excluding steroid dienone is 1. The molecule has 1 aromatic heterocycles. The fraction of sp³-hybridized carbons (Fsp3) is 0.222. The smallest absolute Gasteiger partial charge is 0.189 e. The fourth-order valence-corrected chi connectivity index (χ4v) is 1.85. The van der Waals surface area contributed by atoms with Gasteiger partial charge in [0.2, 0.25) is 0 Å². The molecule has 114 valence electrons. The average molecular weight is 296 g/mol. The number of benzene rings is 1. The molecule has 0 aliphatic carbocycles. The van der Waals surface area contributed by atoms with E-state index in [1.165, 1.54) is 0 Å². The number of aromatic nitrogens is 2. The highest BCUT2D eigenvalue weighted by molar-refractivity contribution is 6.06. The number of nitrogens with zero attached hydrogens (tertiary/aromatic N) is 2. The molecule has 0 atom stereocenters. The molecule has 0 unspecified atom stereocenters. The lowest BCUT2D eigenvalue weighted by Crippen LogP contribution is -2.00. The summed E-state index contributed by atoms with van der Waals surface area (Å²) in [6.45, 7) is 8.12. The Kier molecular flexibility index (Phi) is 5.31. The molecule has 0 radical (unpaired) electrons. The summed E-state index contributed by atoms with van der Waals surface area (Å²) in [6.07, 6.45) is 8.40. The van der Waals surface area contributed by atoms with Crippen LogP contribution in [0.2, 0.25) is 0 Å². The number of ketones is 1. The Bertz CT molecular complexity index is 667. The predicted octanol–water partition coefficient (Wildman–Crippen LogP) is 3.92. The molecule has 0 fully saturated rings. The first-order chi connectivity index (χ1) is 10.6. The molecule has 0 aliphatic rings. The number of hydrogen-bond acceptors (Lipinski definition) is 3. The topological polar surface area (TPSA) is 44.1 Å². The highest BCUT2D eigenvalue weighted by Gasteiger charge is 2.06. The van der Waals surface area contributed by atoms with E-state index in [4.69, 9.17) is 4.74 Å². The number of rotatable bonds is 7. The molecule has 0 saturated heterocycles. The summed E-state index contributed by atoms with van der Waals surface area (Å²) in [7, 11) is 0. The second-order valence-electron chi connectivity index (χ2n) is 5.17. The van der Waals surface area contributed by atoms with E-state index in [1.807, 2.05) is 38.1 Å². The van der Waals surface area contributed by atoms with Crippen LogP contribution in [0.4, 0.5) is 0 Å².